The van der Waals surface area contributed by atoms with Crippen molar-refractivity contribution in [2.75, 3.05) is 24.5 Å². The molecule has 1 spiro atoms. The summed E-state index contributed by atoms with van der Waals surface area (Å²) >= 11 is 0. The fraction of sp³-hybridized carbons (Fsp3) is 0.350. The van der Waals surface area contributed by atoms with Gasteiger partial charge in [-0.05, 0) is 37.6 Å². The first-order valence-corrected chi connectivity index (χ1v) is 8.65. The SMILES string of the molecule is Cc1occc1C(=O)N1CCC2(CC(=O)N(c3cccc(C#N)c3)C2)C1. The smallest absolute Gasteiger partial charge is 0.257 e. The van der Waals surface area contributed by atoms with Crippen LogP contribution in [0.1, 0.15) is 34.5 Å². The molecule has 2 fully saturated rings. The van der Waals surface area contributed by atoms with Crippen molar-refractivity contribution in [2.45, 2.75) is 19.8 Å². The van der Waals surface area contributed by atoms with Crippen molar-refractivity contribution < 1.29 is 14.0 Å². The quantitative estimate of drug-likeness (QED) is 0.835. The summed E-state index contributed by atoms with van der Waals surface area (Å²) in [6, 6.07) is 10.9. The first kappa shape index (κ1) is 16.4. The van der Waals surface area contributed by atoms with Crippen molar-refractivity contribution in [2.24, 2.45) is 5.41 Å². The number of benzene rings is 1. The van der Waals surface area contributed by atoms with E-state index in [1.54, 1.807) is 36.1 Å². The van der Waals surface area contributed by atoms with Crippen LogP contribution >= 0.6 is 0 Å². The minimum Gasteiger partial charge on any atom is -0.469 e. The van der Waals surface area contributed by atoms with Gasteiger partial charge < -0.3 is 14.2 Å². The highest BCUT2D eigenvalue weighted by molar-refractivity contribution is 5.98. The summed E-state index contributed by atoms with van der Waals surface area (Å²) in [7, 11) is 0. The van der Waals surface area contributed by atoms with E-state index < -0.39 is 0 Å². The third-order valence-corrected chi connectivity index (χ3v) is 5.42. The Morgan fingerprint density at radius 2 is 2.15 bits per heavy atom. The zero-order valence-corrected chi connectivity index (χ0v) is 14.6. The summed E-state index contributed by atoms with van der Waals surface area (Å²) in [6.07, 6.45) is 2.76. The maximum atomic E-state index is 12.7. The van der Waals surface area contributed by atoms with E-state index in [1.165, 1.54) is 6.26 Å². The number of nitriles is 1. The Labute approximate surface area is 151 Å². The lowest BCUT2D eigenvalue weighted by atomic mass is 9.86. The monoisotopic (exact) mass is 349 g/mol. The summed E-state index contributed by atoms with van der Waals surface area (Å²) in [5.41, 5.74) is 1.66. The van der Waals surface area contributed by atoms with Crippen LogP contribution in [-0.4, -0.2) is 36.3 Å². The van der Waals surface area contributed by atoms with Gasteiger partial charge in [-0.25, -0.2) is 0 Å². The van der Waals surface area contributed by atoms with E-state index >= 15 is 0 Å². The van der Waals surface area contributed by atoms with Crippen LogP contribution in [0.5, 0.6) is 0 Å². The normalized spacial score (nSPS) is 22.2. The highest BCUT2D eigenvalue weighted by Gasteiger charge is 2.49. The molecule has 3 heterocycles. The van der Waals surface area contributed by atoms with Gasteiger partial charge in [-0.1, -0.05) is 6.07 Å². The molecule has 0 saturated carbocycles. The molecular weight excluding hydrogens is 330 g/mol. The minimum absolute atomic E-state index is 0.0366. The molecule has 26 heavy (non-hydrogen) atoms. The first-order valence-electron chi connectivity index (χ1n) is 8.65. The van der Waals surface area contributed by atoms with Gasteiger partial charge in [0.2, 0.25) is 5.91 Å². The molecule has 1 aromatic carbocycles. The van der Waals surface area contributed by atoms with Gasteiger partial charge >= 0.3 is 0 Å². The van der Waals surface area contributed by atoms with Crippen LogP contribution in [0.3, 0.4) is 0 Å². The lowest BCUT2D eigenvalue weighted by molar-refractivity contribution is -0.117. The predicted molar refractivity (Wildman–Crippen MR) is 94.5 cm³/mol. The van der Waals surface area contributed by atoms with Gasteiger partial charge in [0.25, 0.3) is 5.91 Å². The van der Waals surface area contributed by atoms with Gasteiger partial charge in [0.1, 0.15) is 5.76 Å². The van der Waals surface area contributed by atoms with E-state index in [0.717, 1.165) is 12.1 Å². The second-order valence-corrected chi connectivity index (χ2v) is 7.19. The fourth-order valence-corrected chi connectivity index (χ4v) is 4.03. The van der Waals surface area contributed by atoms with Crippen LogP contribution < -0.4 is 4.90 Å². The molecule has 6 heteroatoms. The number of hydrogen-bond donors (Lipinski definition) is 0. The largest absolute Gasteiger partial charge is 0.469 e. The molecule has 0 aliphatic carbocycles. The molecule has 4 rings (SSSR count). The zero-order chi connectivity index (χ0) is 18.3. The number of carbonyl (C=O) groups excluding carboxylic acids is 2. The van der Waals surface area contributed by atoms with Crippen molar-refractivity contribution in [1.29, 1.82) is 5.26 Å². The van der Waals surface area contributed by atoms with Crippen LogP contribution in [0.15, 0.2) is 41.0 Å². The van der Waals surface area contributed by atoms with Crippen LogP contribution in [0, 0.1) is 23.7 Å². The molecule has 1 unspecified atom stereocenters. The molecule has 2 aliphatic heterocycles. The van der Waals surface area contributed by atoms with Gasteiger partial charge in [0.15, 0.2) is 0 Å². The molecule has 0 radical (unpaired) electrons. The highest BCUT2D eigenvalue weighted by Crippen LogP contribution is 2.42. The number of likely N-dealkylation sites (tertiary alicyclic amines) is 1. The Hall–Kier alpha value is -3.07. The van der Waals surface area contributed by atoms with E-state index in [2.05, 4.69) is 6.07 Å². The second kappa shape index (κ2) is 6.03. The number of nitrogens with zero attached hydrogens (tertiary/aromatic N) is 3. The van der Waals surface area contributed by atoms with E-state index in [4.69, 9.17) is 9.68 Å². The molecule has 2 saturated heterocycles. The van der Waals surface area contributed by atoms with Crippen LogP contribution in [0.25, 0.3) is 0 Å². The van der Waals surface area contributed by atoms with Crippen molar-refractivity contribution >= 4 is 17.5 Å². The number of aryl methyl sites for hydroxylation is 1. The molecular formula is C20H19N3O3. The summed E-state index contributed by atoms with van der Waals surface area (Å²) < 4.78 is 5.24. The molecule has 1 atom stereocenters. The van der Waals surface area contributed by atoms with Crippen molar-refractivity contribution in [3.05, 3.63) is 53.5 Å². The molecule has 2 amide bonds. The van der Waals surface area contributed by atoms with Crippen molar-refractivity contribution in [3.8, 4) is 6.07 Å². The number of rotatable bonds is 2. The Balaban J connectivity index is 1.52. The molecule has 2 aromatic rings. The van der Waals surface area contributed by atoms with Gasteiger partial charge in [-0.15, -0.1) is 0 Å². The van der Waals surface area contributed by atoms with Gasteiger partial charge in [0, 0.05) is 37.2 Å². The summed E-state index contributed by atoms with van der Waals surface area (Å²) in [5.74, 6) is 0.632. The van der Waals surface area contributed by atoms with Crippen LogP contribution in [-0.2, 0) is 4.79 Å². The Morgan fingerprint density at radius 1 is 1.31 bits per heavy atom. The lowest BCUT2D eigenvalue weighted by Gasteiger charge is -2.24. The van der Waals surface area contributed by atoms with E-state index in [1.807, 2.05) is 11.0 Å². The topological polar surface area (TPSA) is 77.6 Å². The number of hydrogen-bond acceptors (Lipinski definition) is 4. The average Bonchev–Trinajstić information content (AvgIpc) is 3.34. The molecule has 0 N–H and O–H groups in total. The Bertz CT molecular complexity index is 926. The maximum absolute atomic E-state index is 12.7. The lowest BCUT2D eigenvalue weighted by Crippen LogP contribution is -2.34. The molecule has 0 bridgehead atoms. The van der Waals surface area contributed by atoms with E-state index in [9.17, 15) is 9.59 Å². The van der Waals surface area contributed by atoms with E-state index in [-0.39, 0.29) is 17.2 Å². The van der Waals surface area contributed by atoms with Crippen molar-refractivity contribution in [1.82, 2.24) is 4.90 Å². The third kappa shape index (κ3) is 2.66. The van der Waals surface area contributed by atoms with Crippen molar-refractivity contribution in [3.63, 3.8) is 0 Å². The molecule has 1 aromatic heterocycles. The number of anilines is 1. The summed E-state index contributed by atoms with van der Waals surface area (Å²) in [4.78, 5) is 28.9. The zero-order valence-electron chi connectivity index (χ0n) is 14.6. The molecule has 2 aliphatic rings. The first-order chi connectivity index (χ1) is 12.5. The Kier molecular flexibility index (Phi) is 3.80. The number of amides is 2. The van der Waals surface area contributed by atoms with Gasteiger partial charge in [-0.3, -0.25) is 9.59 Å². The highest BCUT2D eigenvalue weighted by atomic mass is 16.3. The van der Waals surface area contributed by atoms with Crippen LogP contribution in [0.4, 0.5) is 5.69 Å². The minimum atomic E-state index is -0.215. The van der Waals surface area contributed by atoms with E-state index in [0.29, 0.717) is 42.9 Å². The predicted octanol–water partition coefficient (Wildman–Crippen LogP) is 2.73. The number of furan rings is 1. The Morgan fingerprint density at radius 3 is 2.88 bits per heavy atom. The second-order valence-electron chi connectivity index (χ2n) is 7.19. The standard InChI is InChI=1S/C20H19N3O3/c1-14-17(5-8-26-14)19(25)22-7-6-20(12-22)10-18(24)23(13-20)16-4-2-3-15(9-16)11-21/h2-5,8-9H,6-7,10,12-13H2,1H3. The summed E-state index contributed by atoms with van der Waals surface area (Å²) in [6.45, 7) is 3.57. The third-order valence-electron chi connectivity index (χ3n) is 5.42. The number of carbonyl (C=O) groups is 2. The van der Waals surface area contributed by atoms with Gasteiger partial charge in [0.05, 0.1) is 23.5 Å². The molecule has 132 valence electrons. The molecule has 6 nitrogen and oxygen atoms in total. The maximum Gasteiger partial charge on any atom is 0.257 e. The van der Waals surface area contributed by atoms with Gasteiger partial charge in [-0.2, -0.15) is 5.26 Å². The van der Waals surface area contributed by atoms with Crippen LogP contribution in [0.2, 0.25) is 0 Å². The summed E-state index contributed by atoms with van der Waals surface area (Å²) in [5, 5.41) is 9.08. The average molecular weight is 349 g/mol. The fourth-order valence-electron chi connectivity index (χ4n) is 4.03.